The number of carbonyl (C=O) groups is 1. The normalized spacial score (nSPS) is 11.9. The van der Waals surface area contributed by atoms with Crippen molar-refractivity contribution in [1.29, 1.82) is 0 Å². The van der Waals surface area contributed by atoms with Gasteiger partial charge in [-0.15, -0.1) is 5.10 Å². The number of anilines is 1. The third-order valence-electron chi connectivity index (χ3n) is 3.55. The summed E-state index contributed by atoms with van der Waals surface area (Å²) in [6.07, 6.45) is 1.66. The molecule has 2 aromatic carbocycles. The van der Waals surface area contributed by atoms with E-state index in [2.05, 4.69) is 15.4 Å². The summed E-state index contributed by atoms with van der Waals surface area (Å²) < 4.78 is 1.70. The van der Waals surface area contributed by atoms with Crippen LogP contribution in [0.4, 0.5) is 5.69 Å². The average molecular weight is 338 g/mol. The van der Waals surface area contributed by atoms with Gasteiger partial charge in [0.15, 0.2) is 0 Å². The van der Waals surface area contributed by atoms with Crippen molar-refractivity contribution in [1.82, 2.24) is 14.8 Å². The van der Waals surface area contributed by atoms with Gasteiger partial charge in [0.2, 0.25) is 11.1 Å². The molecule has 6 heteroatoms. The van der Waals surface area contributed by atoms with E-state index in [1.165, 1.54) is 11.8 Å². The molecule has 1 heterocycles. The lowest BCUT2D eigenvalue weighted by atomic mass is 10.2. The molecule has 122 valence electrons. The number of para-hydroxylation sites is 2. The van der Waals surface area contributed by atoms with E-state index in [0.29, 0.717) is 5.16 Å². The highest BCUT2D eigenvalue weighted by atomic mass is 32.2. The maximum Gasteiger partial charge on any atom is 0.237 e. The second-order valence-corrected chi connectivity index (χ2v) is 6.68. The molecule has 0 saturated carbocycles. The van der Waals surface area contributed by atoms with Gasteiger partial charge >= 0.3 is 0 Å². The molecule has 24 heavy (non-hydrogen) atoms. The van der Waals surface area contributed by atoms with Crippen LogP contribution in [0.2, 0.25) is 0 Å². The Morgan fingerprint density at radius 3 is 2.58 bits per heavy atom. The maximum atomic E-state index is 12.4. The Kier molecular flexibility index (Phi) is 4.96. The SMILES string of the molecule is Cc1ccccc1NC(=O)C(C)Sc1ncn(-c2ccccc2)n1. The molecule has 3 aromatic rings. The number of hydrogen-bond acceptors (Lipinski definition) is 4. The molecule has 1 N–H and O–H groups in total. The van der Waals surface area contributed by atoms with Crippen molar-refractivity contribution in [2.24, 2.45) is 0 Å². The lowest BCUT2D eigenvalue weighted by Gasteiger charge is -2.11. The van der Waals surface area contributed by atoms with Crippen LogP contribution in [0.5, 0.6) is 0 Å². The zero-order chi connectivity index (χ0) is 16.9. The minimum atomic E-state index is -0.295. The monoisotopic (exact) mass is 338 g/mol. The van der Waals surface area contributed by atoms with E-state index < -0.39 is 0 Å². The number of benzene rings is 2. The lowest BCUT2D eigenvalue weighted by Crippen LogP contribution is -2.23. The summed E-state index contributed by atoms with van der Waals surface area (Å²) in [5.74, 6) is -0.0645. The third kappa shape index (κ3) is 3.83. The molecule has 5 nitrogen and oxygen atoms in total. The van der Waals surface area contributed by atoms with Gasteiger partial charge in [-0.25, -0.2) is 9.67 Å². The fraction of sp³-hybridized carbons (Fsp3) is 0.167. The van der Waals surface area contributed by atoms with Gasteiger partial charge in [0, 0.05) is 5.69 Å². The number of aryl methyl sites for hydroxylation is 1. The molecule has 1 unspecified atom stereocenters. The van der Waals surface area contributed by atoms with Gasteiger partial charge in [0.25, 0.3) is 0 Å². The zero-order valence-corrected chi connectivity index (χ0v) is 14.3. The number of nitrogens with zero attached hydrogens (tertiary/aromatic N) is 3. The molecule has 0 radical (unpaired) electrons. The van der Waals surface area contributed by atoms with Crippen LogP contribution in [-0.2, 0) is 4.79 Å². The van der Waals surface area contributed by atoms with E-state index in [1.807, 2.05) is 68.4 Å². The summed E-state index contributed by atoms with van der Waals surface area (Å²) in [4.78, 5) is 16.6. The van der Waals surface area contributed by atoms with Crippen LogP contribution in [0.3, 0.4) is 0 Å². The summed E-state index contributed by atoms with van der Waals surface area (Å²) in [6, 6.07) is 17.5. The molecule has 1 atom stereocenters. The molecular formula is C18H18N4OS. The van der Waals surface area contributed by atoms with E-state index in [9.17, 15) is 4.79 Å². The third-order valence-corrected chi connectivity index (χ3v) is 4.51. The van der Waals surface area contributed by atoms with Crippen molar-refractivity contribution in [3.05, 3.63) is 66.5 Å². The molecule has 0 aliphatic heterocycles. The molecule has 0 aliphatic carbocycles. The highest BCUT2D eigenvalue weighted by molar-refractivity contribution is 8.00. The van der Waals surface area contributed by atoms with Crippen molar-refractivity contribution >= 4 is 23.4 Å². The van der Waals surface area contributed by atoms with Crippen LogP contribution in [0.1, 0.15) is 12.5 Å². The molecule has 0 spiro atoms. The van der Waals surface area contributed by atoms with Gasteiger partial charge in [-0.3, -0.25) is 4.79 Å². The number of hydrogen-bond donors (Lipinski definition) is 1. The van der Waals surface area contributed by atoms with Crippen molar-refractivity contribution in [2.45, 2.75) is 24.3 Å². The number of carbonyl (C=O) groups excluding carboxylic acids is 1. The van der Waals surface area contributed by atoms with E-state index >= 15 is 0 Å². The first-order valence-corrected chi connectivity index (χ1v) is 8.51. The highest BCUT2D eigenvalue weighted by Gasteiger charge is 2.17. The van der Waals surface area contributed by atoms with E-state index in [-0.39, 0.29) is 11.2 Å². The topological polar surface area (TPSA) is 59.8 Å². The van der Waals surface area contributed by atoms with Crippen LogP contribution in [-0.4, -0.2) is 25.9 Å². The van der Waals surface area contributed by atoms with Crippen molar-refractivity contribution < 1.29 is 4.79 Å². The first-order chi connectivity index (χ1) is 11.6. The number of thioether (sulfide) groups is 1. The summed E-state index contributed by atoms with van der Waals surface area (Å²) in [5, 5.41) is 7.64. The van der Waals surface area contributed by atoms with Crippen molar-refractivity contribution in [3.63, 3.8) is 0 Å². The van der Waals surface area contributed by atoms with E-state index in [4.69, 9.17) is 0 Å². The zero-order valence-electron chi connectivity index (χ0n) is 13.5. The Balaban J connectivity index is 1.65. The molecule has 0 aliphatic rings. The van der Waals surface area contributed by atoms with Gasteiger partial charge in [0.05, 0.1) is 10.9 Å². The first-order valence-electron chi connectivity index (χ1n) is 7.64. The van der Waals surface area contributed by atoms with Gasteiger partial charge in [-0.1, -0.05) is 48.2 Å². The molecule has 0 bridgehead atoms. The van der Waals surface area contributed by atoms with Crippen LogP contribution in [0.25, 0.3) is 5.69 Å². The second-order valence-electron chi connectivity index (χ2n) is 5.37. The quantitative estimate of drug-likeness (QED) is 0.721. The van der Waals surface area contributed by atoms with Gasteiger partial charge in [0.1, 0.15) is 6.33 Å². The smallest absolute Gasteiger partial charge is 0.237 e. The average Bonchev–Trinajstić information content (AvgIpc) is 3.06. The van der Waals surface area contributed by atoms with Crippen molar-refractivity contribution in [3.8, 4) is 5.69 Å². The summed E-state index contributed by atoms with van der Waals surface area (Å²) in [5.41, 5.74) is 2.81. The molecule has 3 rings (SSSR count). The lowest BCUT2D eigenvalue weighted by molar-refractivity contribution is -0.115. The van der Waals surface area contributed by atoms with Crippen LogP contribution < -0.4 is 5.32 Å². The van der Waals surface area contributed by atoms with Gasteiger partial charge in [-0.2, -0.15) is 0 Å². The maximum absolute atomic E-state index is 12.4. The molecule has 1 amide bonds. The second kappa shape index (κ2) is 7.31. The Morgan fingerprint density at radius 1 is 1.12 bits per heavy atom. The number of nitrogens with one attached hydrogen (secondary N) is 1. The van der Waals surface area contributed by atoms with Gasteiger partial charge < -0.3 is 5.32 Å². The Labute approximate surface area is 145 Å². The van der Waals surface area contributed by atoms with Crippen molar-refractivity contribution in [2.75, 3.05) is 5.32 Å². The summed E-state index contributed by atoms with van der Waals surface area (Å²) in [7, 11) is 0. The van der Waals surface area contributed by atoms with Gasteiger partial charge in [-0.05, 0) is 37.6 Å². The Bertz CT molecular complexity index is 832. The van der Waals surface area contributed by atoms with Crippen LogP contribution in [0, 0.1) is 6.92 Å². The molecule has 0 saturated heterocycles. The largest absolute Gasteiger partial charge is 0.325 e. The predicted molar refractivity (Wildman–Crippen MR) is 96.5 cm³/mol. The predicted octanol–water partition coefficient (Wildman–Crippen LogP) is 3.70. The van der Waals surface area contributed by atoms with E-state index in [1.54, 1.807) is 11.0 Å². The summed E-state index contributed by atoms with van der Waals surface area (Å²) in [6.45, 7) is 3.82. The minimum absolute atomic E-state index is 0.0645. The first kappa shape index (κ1) is 16.3. The molecule has 1 aromatic heterocycles. The Hall–Kier alpha value is -2.60. The molecule has 0 fully saturated rings. The minimum Gasteiger partial charge on any atom is -0.325 e. The Morgan fingerprint density at radius 2 is 1.83 bits per heavy atom. The number of amides is 1. The number of aromatic nitrogens is 3. The number of rotatable bonds is 5. The molecular weight excluding hydrogens is 320 g/mol. The van der Waals surface area contributed by atoms with Crippen LogP contribution in [0.15, 0.2) is 66.1 Å². The van der Waals surface area contributed by atoms with E-state index in [0.717, 1.165) is 16.9 Å². The summed E-state index contributed by atoms with van der Waals surface area (Å²) >= 11 is 1.34. The highest BCUT2D eigenvalue weighted by Crippen LogP contribution is 2.22. The fourth-order valence-electron chi connectivity index (χ4n) is 2.17. The standard InChI is InChI=1S/C18H18N4OS/c1-13-8-6-7-11-16(13)20-17(23)14(2)24-18-19-12-22(21-18)15-9-4-3-5-10-15/h3-12,14H,1-2H3,(H,20,23). The fourth-order valence-corrected chi connectivity index (χ4v) is 2.89. The van der Waals surface area contributed by atoms with Crippen LogP contribution >= 0.6 is 11.8 Å².